The number of allylic oxidation sites excluding steroid dienone is 1. The van der Waals surface area contributed by atoms with Crippen molar-refractivity contribution in [2.75, 3.05) is 13.7 Å². The minimum atomic E-state index is -4.91. The fraction of sp³-hybridized carbons (Fsp3) is 0.308. The highest BCUT2D eigenvalue weighted by molar-refractivity contribution is 5.99. The van der Waals surface area contributed by atoms with Crippen LogP contribution in [-0.2, 0) is 9.53 Å². The van der Waals surface area contributed by atoms with Crippen molar-refractivity contribution in [2.45, 2.75) is 13.1 Å². The minimum Gasteiger partial charge on any atom is -0.497 e. The van der Waals surface area contributed by atoms with Gasteiger partial charge in [0.05, 0.1) is 13.7 Å². The van der Waals surface area contributed by atoms with Crippen molar-refractivity contribution < 1.29 is 27.4 Å². The van der Waals surface area contributed by atoms with E-state index in [1.165, 1.54) is 19.2 Å². The summed E-state index contributed by atoms with van der Waals surface area (Å²) in [4.78, 5) is 10.9. The van der Waals surface area contributed by atoms with Crippen LogP contribution in [0.4, 0.5) is 13.2 Å². The summed E-state index contributed by atoms with van der Waals surface area (Å²) in [6.07, 6.45) is -4.46. The van der Waals surface area contributed by atoms with Gasteiger partial charge in [-0.25, -0.2) is 0 Å². The Morgan fingerprint density at radius 2 is 1.84 bits per heavy atom. The van der Waals surface area contributed by atoms with Crippen molar-refractivity contribution in [1.82, 2.24) is 0 Å². The van der Waals surface area contributed by atoms with Crippen molar-refractivity contribution in [3.63, 3.8) is 0 Å². The number of benzene rings is 1. The van der Waals surface area contributed by atoms with Crippen molar-refractivity contribution in [3.05, 3.63) is 35.9 Å². The van der Waals surface area contributed by atoms with Gasteiger partial charge >= 0.3 is 6.18 Å². The molecule has 0 aliphatic rings. The molecule has 0 saturated carbocycles. The quantitative estimate of drug-likeness (QED) is 0.611. The fourth-order valence-electron chi connectivity index (χ4n) is 1.32. The first-order valence-corrected chi connectivity index (χ1v) is 5.48. The summed E-state index contributed by atoms with van der Waals surface area (Å²) in [6.45, 7) is 1.78. The summed E-state index contributed by atoms with van der Waals surface area (Å²) in [5.74, 6) is -1.51. The molecule has 3 nitrogen and oxygen atoms in total. The van der Waals surface area contributed by atoms with Crippen LogP contribution >= 0.6 is 0 Å². The molecule has 104 valence electrons. The fourth-order valence-corrected chi connectivity index (χ4v) is 1.32. The zero-order valence-electron chi connectivity index (χ0n) is 10.5. The summed E-state index contributed by atoms with van der Waals surface area (Å²) in [5.41, 5.74) is 0.375. The van der Waals surface area contributed by atoms with Crippen LogP contribution in [0.1, 0.15) is 12.5 Å². The first-order chi connectivity index (χ1) is 8.88. The second-order valence-electron chi connectivity index (χ2n) is 3.53. The van der Waals surface area contributed by atoms with E-state index < -0.39 is 12.0 Å². The number of hydrogen-bond acceptors (Lipinski definition) is 3. The number of methoxy groups -OCH3 is 1. The second-order valence-corrected chi connectivity index (χ2v) is 3.53. The van der Waals surface area contributed by atoms with Crippen LogP contribution in [0.2, 0.25) is 0 Å². The smallest absolute Gasteiger partial charge is 0.454 e. The molecule has 0 N–H and O–H groups in total. The van der Waals surface area contributed by atoms with E-state index in [-0.39, 0.29) is 12.4 Å². The molecule has 0 aliphatic heterocycles. The molecule has 1 aromatic rings. The van der Waals surface area contributed by atoms with E-state index in [1.807, 2.05) is 0 Å². The molecular weight excluding hydrogens is 261 g/mol. The molecule has 0 radical (unpaired) electrons. The Hall–Kier alpha value is -1.98. The maximum absolute atomic E-state index is 12.2. The van der Waals surface area contributed by atoms with E-state index in [9.17, 15) is 18.0 Å². The van der Waals surface area contributed by atoms with E-state index in [4.69, 9.17) is 9.47 Å². The maximum atomic E-state index is 12.2. The standard InChI is InChI=1S/C13H13F3O3/c1-3-19-11(8-12(17)13(14,15)16)9-4-6-10(18-2)7-5-9/h4-8H,3H2,1-2H3/b11-8-. The number of ketones is 1. The van der Waals surface area contributed by atoms with E-state index in [2.05, 4.69) is 0 Å². The molecule has 0 atom stereocenters. The molecule has 1 aromatic carbocycles. The Balaban J connectivity index is 3.05. The van der Waals surface area contributed by atoms with Crippen LogP contribution in [0.15, 0.2) is 30.3 Å². The molecule has 19 heavy (non-hydrogen) atoms. The second kappa shape index (κ2) is 6.26. The first-order valence-electron chi connectivity index (χ1n) is 5.48. The summed E-state index contributed by atoms with van der Waals surface area (Å²) in [7, 11) is 1.47. The van der Waals surface area contributed by atoms with Gasteiger partial charge in [0.15, 0.2) is 0 Å². The van der Waals surface area contributed by atoms with E-state index in [0.717, 1.165) is 0 Å². The number of carbonyl (C=O) groups is 1. The molecule has 0 aromatic heterocycles. The number of hydrogen-bond donors (Lipinski definition) is 0. The summed E-state index contributed by atoms with van der Waals surface area (Å²) >= 11 is 0. The number of alkyl halides is 3. The van der Waals surface area contributed by atoms with Gasteiger partial charge in [0.2, 0.25) is 0 Å². The zero-order chi connectivity index (χ0) is 14.5. The van der Waals surface area contributed by atoms with Crippen LogP contribution in [-0.4, -0.2) is 25.7 Å². The minimum absolute atomic E-state index is 0.118. The summed E-state index contributed by atoms with van der Waals surface area (Å²) in [6, 6.07) is 6.18. The molecule has 0 spiro atoms. The molecule has 0 saturated heterocycles. The van der Waals surface area contributed by atoms with Crippen molar-refractivity contribution in [2.24, 2.45) is 0 Å². The molecule has 0 aliphatic carbocycles. The number of halogens is 3. The Morgan fingerprint density at radius 3 is 2.26 bits per heavy atom. The normalized spacial score (nSPS) is 12.2. The predicted octanol–water partition coefficient (Wildman–Crippen LogP) is 3.20. The lowest BCUT2D eigenvalue weighted by molar-refractivity contribution is -0.165. The maximum Gasteiger partial charge on any atom is 0.454 e. The van der Waals surface area contributed by atoms with Gasteiger partial charge in [-0.05, 0) is 31.2 Å². The SMILES string of the molecule is CCO/C(=C\C(=O)C(F)(F)F)c1ccc(OC)cc1. The van der Waals surface area contributed by atoms with Crippen LogP contribution in [0, 0.1) is 0 Å². The van der Waals surface area contributed by atoms with Crippen LogP contribution in [0.25, 0.3) is 5.76 Å². The van der Waals surface area contributed by atoms with Gasteiger partial charge in [-0.15, -0.1) is 0 Å². The van der Waals surface area contributed by atoms with Crippen LogP contribution < -0.4 is 4.74 Å². The van der Waals surface area contributed by atoms with Gasteiger partial charge in [0.1, 0.15) is 11.5 Å². The third kappa shape index (κ3) is 4.31. The molecule has 0 heterocycles. The van der Waals surface area contributed by atoms with Gasteiger partial charge in [-0.1, -0.05) is 0 Å². The molecule has 0 fully saturated rings. The average Bonchev–Trinajstić information content (AvgIpc) is 2.37. The number of carbonyl (C=O) groups excluding carboxylic acids is 1. The zero-order valence-corrected chi connectivity index (χ0v) is 10.5. The van der Waals surface area contributed by atoms with Gasteiger partial charge in [-0.3, -0.25) is 4.79 Å². The molecule has 0 unspecified atom stereocenters. The molecule has 0 bridgehead atoms. The van der Waals surface area contributed by atoms with Crippen molar-refractivity contribution in [1.29, 1.82) is 0 Å². The lowest BCUT2D eigenvalue weighted by Crippen LogP contribution is -2.20. The average molecular weight is 274 g/mol. The summed E-state index contributed by atoms with van der Waals surface area (Å²) in [5, 5.41) is 0. The highest BCUT2D eigenvalue weighted by Crippen LogP contribution is 2.23. The largest absolute Gasteiger partial charge is 0.497 e. The third-order valence-corrected chi connectivity index (χ3v) is 2.22. The predicted molar refractivity (Wildman–Crippen MR) is 63.7 cm³/mol. The van der Waals surface area contributed by atoms with Gasteiger partial charge in [-0.2, -0.15) is 13.2 Å². The highest BCUT2D eigenvalue weighted by Gasteiger charge is 2.37. The first kappa shape index (κ1) is 15.1. The highest BCUT2D eigenvalue weighted by atomic mass is 19.4. The van der Waals surface area contributed by atoms with Crippen LogP contribution in [0.3, 0.4) is 0 Å². The molecule has 0 amide bonds. The molecule has 1 rings (SSSR count). The monoisotopic (exact) mass is 274 g/mol. The summed E-state index contributed by atoms with van der Waals surface area (Å²) < 4.78 is 46.6. The Labute approximate surface area is 108 Å². The number of ether oxygens (including phenoxy) is 2. The van der Waals surface area contributed by atoms with Gasteiger partial charge in [0, 0.05) is 11.6 Å². The van der Waals surface area contributed by atoms with Gasteiger partial charge < -0.3 is 9.47 Å². The van der Waals surface area contributed by atoms with Gasteiger partial charge in [0.25, 0.3) is 5.78 Å². The third-order valence-electron chi connectivity index (χ3n) is 2.22. The van der Waals surface area contributed by atoms with E-state index >= 15 is 0 Å². The van der Waals surface area contributed by atoms with Crippen LogP contribution in [0.5, 0.6) is 5.75 Å². The molecular formula is C13H13F3O3. The lowest BCUT2D eigenvalue weighted by Gasteiger charge is -2.10. The number of rotatable bonds is 5. The Kier molecular flexibility index (Phi) is 4.97. The van der Waals surface area contributed by atoms with E-state index in [0.29, 0.717) is 17.4 Å². The Bertz CT molecular complexity index is 461. The van der Waals surface area contributed by atoms with Crippen molar-refractivity contribution in [3.8, 4) is 5.75 Å². The van der Waals surface area contributed by atoms with E-state index in [1.54, 1.807) is 19.1 Å². The molecule has 6 heteroatoms. The topological polar surface area (TPSA) is 35.5 Å². The van der Waals surface area contributed by atoms with Crippen molar-refractivity contribution >= 4 is 11.5 Å². The lowest BCUT2D eigenvalue weighted by atomic mass is 10.1. The Morgan fingerprint density at radius 1 is 1.26 bits per heavy atom.